The summed E-state index contributed by atoms with van der Waals surface area (Å²) < 4.78 is 7.59. The van der Waals surface area contributed by atoms with Gasteiger partial charge < -0.3 is 10.1 Å². The van der Waals surface area contributed by atoms with Crippen molar-refractivity contribution in [2.45, 2.75) is 13.8 Å². The summed E-state index contributed by atoms with van der Waals surface area (Å²) in [5, 5.41) is 5.97. The molecular weight excluding hydrogens is 515 g/mol. The first-order valence-electron chi connectivity index (χ1n) is 7.65. The molecule has 0 aromatic heterocycles. The first-order chi connectivity index (χ1) is 11.8. The predicted molar refractivity (Wildman–Crippen MR) is 117 cm³/mol. The minimum Gasteiger partial charge on any atom is -0.493 e. The fourth-order valence-electron chi connectivity index (χ4n) is 1.89. The zero-order chi connectivity index (χ0) is 18.4. The third-order valence-electron chi connectivity index (χ3n) is 3.11. The number of halogens is 2. The molecule has 0 aliphatic carbocycles. The van der Waals surface area contributed by atoms with E-state index >= 15 is 0 Å². The second-order valence-electron chi connectivity index (χ2n) is 5.76. The van der Waals surface area contributed by atoms with Gasteiger partial charge in [0, 0.05) is 13.6 Å². The number of carbonyl (C=O) groups is 1. The van der Waals surface area contributed by atoms with E-state index in [0.29, 0.717) is 18.1 Å². The Bertz CT molecular complexity index is 766. The SMILES string of the molecule is CC(C)COc1ccc(C(=O)NC(=S)Nc2ccc(Br)cc2I)cc1. The first-order valence-corrected chi connectivity index (χ1v) is 9.93. The number of ether oxygens (including phenoxy) is 1. The third kappa shape index (κ3) is 6.56. The predicted octanol–water partition coefficient (Wildman–Crippen LogP) is 5.22. The summed E-state index contributed by atoms with van der Waals surface area (Å²) in [5.74, 6) is 0.934. The zero-order valence-corrected chi connectivity index (χ0v) is 18.4. The Hall–Kier alpha value is -1.19. The van der Waals surface area contributed by atoms with Crippen LogP contribution in [0, 0.1) is 9.49 Å². The van der Waals surface area contributed by atoms with Gasteiger partial charge in [-0.05, 0) is 83.2 Å². The fourth-order valence-corrected chi connectivity index (χ4v) is 3.53. The van der Waals surface area contributed by atoms with Crippen LogP contribution in [0.5, 0.6) is 5.75 Å². The molecule has 2 rings (SSSR count). The van der Waals surface area contributed by atoms with E-state index in [4.69, 9.17) is 17.0 Å². The Labute approximate surface area is 175 Å². The van der Waals surface area contributed by atoms with E-state index in [2.05, 4.69) is 63.0 Å². The fraction of sp³-hybridized carbons (Fsp3) is 0.222. The zero-order valence-electron chi connectivity index (χ0n) is 13.8. The van der Waals surface area contributed by atoms with Crippen LogP contribution in [-0.2, 0) is 0 Å². The lowest BCUT2D eigenvalue weighted by atomic mass is 10.2. The largest absolute Gasteiger partial charge is 0.493 e. The summed E-state index contributed by atoms with van der Waals surface area (Å²) >= 11 is 10.8. The Kier molecular flexibility index (Phi) is 7.64. The highest BCUT2D eigenvalue weighted by Gasteiger charge is 2.10. The van der Waals surface area contributed by atoms with Gasteiger partial charge in [0.05, 0.1) is 12.3 Å². The molecule has 1 amide bonds. The summed E-state index contributed by atoms with van der Waals surface area (Å²) in [4.78, 5) is 12.3. The summed E-state index contributed by atoms with van der Waals surface area (Å²) in [6, 6.07) is 12.8. The highest BCUT2D eigenvalue weighted by Crippen LogP contribution is 2.22. The van der Waals surface area contributed by atoms with Gasteiger partial charge in [-0.1, -0.05) is 29.8 Å². The molecule has 0 heterocycles. The summed E-state index contributed by atoms with van der Waals surface area (Å²) in [5.41, 5.74) is 1.36. The van der Waals surface area contributed by atoms with Crippen molar-refractivity contribution in [3.8, 4) is 5.75 Å². The Morgan fingerprint density at radius 3 is 2.52 bits per heavy atom. The van der Waals surface area contributed by atoms with E-state index in [1.54, 1.807) is 24.3 Å². The van der Waals surface area contributed by atoms with Crippen molar-refractivity contribution >= 4 is 67.4 Å². The number of rotatable bonds is 5. The quantitative estimate of drug-likeness (QED) is 0.409. The Morgan fingerprint density at radius 2 is 1.92 bits per heavy atom. The molecular formula is C18H18BrIN2O2S. The molecule has 2 aromatic carbocycles. The van der Waals surface area contributed by atoms with Crippen LogP contribution < -0.4 is 15.4 Å². The molecule has 132 valence electrons. The van der Waals surface area contributed by atoms with Gasteiger partial charge in [-0.2, -0.15) is 0 Å². The number of hydrogen-bond donors (Lipinski definition) is 2. The molecule has 2 N–H and O–H groups in total. The van der Waals surface area contributed by atoms with E-state index < -0.39 is 0 Å². The second kappa shape index (κ2) is 9.49. The molecule has 0 fully saturated rings. The van der Waals surface area contributed by atoms with Crippen LogP contribution in [0.1, 0.15) is 24.2 Å². The standard InChI is InChI=1S/C18H18BrIN2O2S/c1-11(2)10-24-14-6-3-12(4-7-14)17(23)22-18(25)21-16-8-5-13(19)9-15(16)20/h3-9,11H,10H2,1-2H3,(H2,21,22,23,25). The number of thiocarbonyl (C=S) groups is 1. The van der Waals surface area contributed by atoms with E-state index in [-0.39, 0.29) is 11.0 Å². The lowest BCUT2D eigenvalue weighted by Gasteiger charge is -2.12. The molecule has 4 nitrogen and oxygen atoms in total. The van der Waals surface area contributed by atoms with Crippen LogP contribution in [0.2, 0.25) is 0 Å². The maximum Gasteiger partial charge on any atom is 0.257 e. The lowest BCUT2D eigenvalue weighted by Crippen LogP contribution is -2.34. The molecule has 25 heavy (non-hydrogen) atoms. The van der Waals surface area contributed by atoms with Crippen LogP contribution in [0.25, 0.3) is 0 Å². The van der Waals surface area contributed by atoms with Gasteiger partial charge in [0.15, 0.2) is 5.11 Å². The van der Waals surface area contributed by atoms with Crippen LogP contribution >= 0.6 is 50.7 Å². The normalized spacial score (nSPS) is 10.4. The maximum atomic E-state index is 12.3. The van der Waals surface area contributed by atoms with Gasteiger partial charge >= 0.3 is 0 Å². The Balaban J connectivity index is 1.93. The summed E-state index contributed by atoms with van der Waals surface area (Å²) in [6.07, 6.45) is 0. The van der Waals surface area contributed by atoms with Gasteiger partial charge in [0.1, 0.15) is 5.75 Å². The molecule has 7 heteroatoms. The van der Waals surface area contributed by atoms with E-state index in [0.717, 1.165) is 19.5 Å². The first kappa shape index (κ1) is 20.1. The van der Waals surface area contributed by atoms with Crippen molar-refractivity contribution in [2.24, 2.45) is 5.92 Å². The molecule has 0 saturated heterocycles. The molecule has 0 atom stereocenters. The molecule has 2 aromatic rings. The van der Waals surface area contributed by atoms with E-state index in [1.165, 1.54) is 0 Å². The summed E-state index contributed by atoms with van der Waals surface area (Å²) in [6.45, 7) is 4.82. The van der Waals surface area contributed by atoms with E-state index in [1.807, 2.05) is 18.2 Å². The number of nitrogens with one attached hydrogen (secondary N) is 2. The molecule has 0 saturated carbocycles. The van der Waals surface area contributed by atoms with Crippen LogP contribution in [-0.4, -0.2) is 17.6 Å². The molecule has 0 bridgehead atoms. The number of carbonyl (C=O) groups excluding carboxylic acids is 1. The third-order valence-corrected chi connectivity index (χ3v) is 4.70. The van der Waals surface area contributed by atoms with Crippen LogP contribution in [0.15, 0.2) is 46.9 Å². The molecule has 0 unspecified atom stereocenters. The molecule has 0 aliphatic rings. The monoisotopic (exact) mass is 532 g/mol. The van der Waals surface area contributed by atoms with Crippen molar-refractivity contribution in [2.75, 3.05) is 11.9 Å². The van der Waals surface area contributed by atoms with Crippen molar-refractivity contribution < 1.29 is 9.53 Å². The van der Waals surface area contributed by atoms with Gasteiger partial charge in [0.2, 0.25) is 0 Å². The van der Waals surface area contributed by atoms with E-state index in [9.17, 15) is 4.79 Å². The summed E-state index contributed by atoms with van der Waals surface area (Å²) in [7, 11) is 0. The number of amides is 1. The van der Waals surface area contributed by atoms with Crippen LogP contribution in [0.4, 0.5) is 5.69 Å². The Morgan fingerprint density at radius 1 is 1.24 bits per heavy atom. The van der Waals surface area contributed by atoms with Crippen LogP contribution in [0.3, 0.4) is 0 Å². The minimum absolute atomic E-state index is 0.255. The number of anilines is 1. The smallest absolute Gasteiger partial charge is 0.257 e. The van der Waals surface area contributed by atoms with Gasteiger partial charge in [-0.25, -0.2) is 0 Å². The van der Waals surface area contributed by atoms with Gasteiger partial charge in [-0.15, -0.1) is 0 Å². The van der Waals surface area contributed by atoms with Crippen molar-refractivity contribution in [1.82, 2.24) is 5.32 Å². The second-order valence-corrected chi connectivity index (χ2v) is 8.25. The topological polar surface area (TPSA) is 50.4 Å². The number of hydrogen-bond acceptors (Lipinski definition) is 3. The van der Waals surface area contributed by atoms with Gasteiger partial charge in [0.25, 0.3) is 5.91 Å². The van der Waals surface area contributed by atoms with Gasteiger partial charge in [-0.3, -0.25) is 10.1 Å². The maximum absolute atomic E-state index is 12.3. The molecule has 0 spiro atoms. The molecule has 0 radical (unpaired) electrons. The highest BCUT2D eigenvalue weighted by molar-refractivity contribution is 14.1. The average Bonchev–Trinajstić information content (AvgIpc) is 2.56. The highest BCUT2D eigenvalue weighted by atomic mass is 127. The number of benzene rings is 2. The lowest BCUT2D eigenvalue weighted by molar-refractivity contribution is 0.0977. The van der Waals surface area contributed by atoms with Crippen molar-refractivity contribution in [3.05, 3.63) is 56.1 Å². The van der Waals surface area contributed by atoms with Crippen molar-refractivity contribution in [3.63, 3.8) is 0 Å². The minimum atomic E-state index is -0.264. The van der Waals surface area contributed by atoms with Crippen molar-refractivity contribution in [1.29, 1.82) is 0 Å². The molecule has 0 aliphatic heterocycles. The average molecular weight is 533 g/mol.